The summed E-state index contributed by atoms with van der Waals surface area (Å²) >= 11 is 6.07. The van der Waals surface area contributed by atoms with Gasteiger partial charge >= 0.3 is 0 Å². The van der Waals surface area contributed by atoms with Gasteiger partial charge in [0.25, 0.3) is 0 Å². The third-order valence-corrected chi connectivity index (χ3v) is 5.96. The molecule has 0 aliphatic heterocycles. The summed E-state index contributed by atoms with van der Waals surface area (Å²) in [7, 11) is -1.68. The van der Waals surface area contributed by atoms with Gasteiger partial charge in [-0.05, 0) is 49.1 Å². The van der Waals surface area contributed by atoms with Crippen LogP contribution in [-0.4, -0.2) is 22.0 Å². The normalized spacial score (nSPS) is 18.0. The van der Waals surface area contributed by atoms with Crippen molar-refractivity contribution < 1.29 is 8.42 Å². The van der Waals surface area contributed by atoms with Gasteiger partial charge in [0.15, 0.2) is 0 Å². The molecule has 21 heavy (non-hydrogen) atoms. The van der Waals surface area contributed by atoms with E-state index in [1.54, 1.807) is 25.2 Å². The van der Waals surface area contributed by atoms with Crippen molar-refractivity contribution in [3.63, 3.8) is 0 Å². The first kappa shape index (κ1) is 16.7. The maximum atomic E-state index is 12.4. The molecule has 2 N–H and O–H groups in total. The number of benzene rings is 1. The Balaban J connectivity index is 2.13. The van der Waals surface area contributed by atoms with Gasteiger partial charge in [-0.1, -0.05) is 31.4 Å². The van der Waals surface area contributed by atoms with Crippen molar-refractivity contribution in [2.75, 3.05) is 13.6 Å². The molecular formula is C15H23ClN2O2S. The lowest BCUT2D eigenvalue weighted by molar-refractivity contribution is 0.336. The molecular weight excluding hydrogens is 308 g/mol. The van der Waals surface area contributed by atoms with Crippen molar-refractivity contribution >= 4 is 21.6 Å². The maximum absolute atomic E-state index is 12.4. The number of hydrogen-bond donors (Lipinski definition) is 2. The standard InChI is InChI=1S/C15H23ClN2O2S/c1-15(7-3-4-8-15)11-18-21(19,20)13-5-6-14(16)12(9-13)10-17-2/h5-6,9,17-18H,3-4,7-8,10-11H2,1-2H3. The molecule has 0 heterocycles. The molecule has 0 radical (unpaired) electrons. The van der Waals surface area contributed by atoms with Crippen LogP contribution in [0.4, 0.5) is 0 Å². The fraction of sp³-hybridized carbons (Fsp3) is 0.600. The van der Waals surface area contributed by atoms with Crippen LogP contribution in [0.1, 0.15) is 38.2 Å². The summed E-state index contributed by atoms with van der Waals surface area (Å²) in [4.78, 5) is 0.277. The zero-order valence-electron chi connectivity index (χ0n) is 12.6. The Morgan fingerprint density at radius 1 is 1.29 bits per heavy atom. The van der Waals surface area contributed by atoms with Crippen molar-refractivity contribution in [1.29, 1.82) is 0 Å². The second kappa shape index (κ2) is 6.65. The van der Waals surface area contributed by atoms with Crippen LogP contribution in [0.15, 0.2) is 23.1 Å². The van der Waals surface area contributed by atoms with Crippen molar-refractivity contribution in [3.05, 3.63) is 28.8 Å². The SMILES string of the molecule is CNCc1cc(S(=O)(=O)NCC2(C)CCCC2)ccc1Cl. The van der Waals surface area contributed by atoms with Gasteiger partial charge in [-0.15, -0.1) is 0 Å². The van der Waals surface area contributed by atoms with Crippen LogP contribution in [0.5, 0.6) is 0 Å². The van der Waals surface area contributed by atoms with Crippen LogP contribution < -0.4 is 10.0 Å². The highest BCUT2D eigenvalue weighted by Gasteiger charge is 2.30. The van der Waals surface area contributed by atoms with E-state index in [0.717, 1.165) is 18.4 Å². The second-order valence-corrected chi connectivity index (χ2v) is 8.30. The molecule has 1 fully saturated rings. The molecule has 4 nitrogen and oxygen atoms in total. The lowest BCUT2D eigenvalue weighted by atomic mass is 9.89. The van der Waals surface area contributed by atoms with Crippen molar-refractivity contribution in [2.24, 2.45) is 5.41 Å². The number of rotatable bonds is 6. The summed E-state index contributed by atoms with van der Waals surface area (Å²) in [5, 5.41) is 3.56. The fourth-order valence-corrected chi connectivity index (χ4v) is 4.24. The van der Waals surface area contributed by atoms with E-state index in [9.17, 15) is 8.42 Å². The average Bonchev–Trinajstić information content (AvgIpc) is 2.87. The van der Waals surface area contributed by atoms with Gasteiger partial charge < -0.3 is 5.32 Å². The van der Waals surface area contributed by atoms with Gasteiger partial charge in [-0.2, -0.15) is 0 Å². The summed E-state index contributed by atoms with van der Waals surface area (Å²) in [5.74, 6) is 0. The first-order valence-corrected chi connectivity index (χ1v) is 9.15. The van der Waals surface area contributed by atoms with Crippen LogP contribution in [0.25, 0.3) is 0 Å². The van der Waals surface area contributed by atoms with Gasteiger partial charge in [-0.3, -0.25) is 0 Å². The molecule has 1 aliphatic carbocycles. The molecule has 118 valence electrons. The molecule has 1 aromatic rings. The first-order chi connectivity index (χ1) is 9.86. The third kappa shape index (κ3) is 4.19. The van der Waals surface area contributed by atoms with Gasteiger partial charge in [-0.25, -0.2) is 13.1 Å². The molecule has 0 amide bonds. The number of halogens is 1. The highest BCUT2D eigenvalue weighted by Crippen LogP contribution is 2.37. The van der Waals surface area contributed by atoms with Gasteiger partial charge in [0, 0.05) is 18.1 Å². The van der Waals surface area contributed by atoms with E-state index in [1.165, 1.54) is 12.8 Å². The van der Waals surface area contributed by atoms with Gasteiger partial charge in [0.1, 0.15) is 0 Å². The molecule has 2 rings (SSSR count). The van der Waals surface area contributed by atoms with E-state index in [4.69, 9.17) is 11.6 Å². The zero-order valence-corrected chi connectivity index (χ0v) is 14.1. The average molecular weight is 331 g/mol. The molecule has 0 spiro atoms. The Bertz CT molecular complexity index is 596. The Morgan fingerprint density at radius 3 is 2.57 bits per heavy atom. The third-order valence-electron chi connectivity index (χ3n) is 4.19. The maximum Gasteiger partial charge on any atom is 0.240 e. The first-order valence-electron chi connectivity index (χ1n) is 7.29. The zero-order chi connectivity index (χ0) is 15.5. The Morgan fingerprint density at radius 2 is 1.95 bits per heavy atom. The van der Waals surface area contributed by atoms with E-state index >= 15 is 0 Å². The quantitative estimate of drug-likeness (QED) is 0.843. The van der Waals surface area contributed by atoms with Crippen molar-refractivity contribution in [3.8, 4) is 0 Å². The van der Waals surface area contributed by atoms with E-state index in [0.29, 0.717) is 18.1 Å². The van der Waals surface area contributed by atoms with Crippen LogP contribution in [0, 0.1) is 5.41 Å². The summed E-state index contributed by atoms with van der Waals surface area (Å²) in [6, 6.07) is 4.83. The highest BCUT2D eigenvalue weighted by molar-refractivity contribution is 7.89. The molecule has 0 atom stereocenters. The number of nitrogens with one attached hydrogen (secondary N) is 2. The van der Waals surface area contributed by atoms with Crippen LogP contribution in [-0.2, 0) is 16.6 Å². The largest absolute Gasteiger partial charge is 0.316 e. The topological polar surface area (TPSA) is 58.2 Å². The molecule has 6 heteroatoms. The van der Waals surface area contributed by atoms with E-state index in [2.05, 4.69) is 17.0 Å². The molecule has 0 aromatic heterocycles. The molecule has 0 unspecified atom stereocenters. The smallest absolute Gasteiger partial charge is 0.240 e. The number of hydrogen-bond acceptors (Lipinski definition) is 3. The Kier molecular flexibility index (Phi) is 5.30. The predicted molar refractivity (Wildman–Crippen MR) is 86.0 cm³/mol. The van der Waals surface area contributed by atoms with E-state index < -0.39 is 10.0 Å². The summed E-state index contributed by atoms with van der Waals surface area (Å²) < 4.78 is 27.6. The molecule has 0 bridgehead atoms. The van der Waals surface area contributed by atoms with Gasteiger partial charge in [0.05, 0.1) is 4.90 Å². The molecule has 0 saturated heterocycles. The van der Waals surface area contributed by atoms with E-state index in [1.807, 2.05) is 0 Å². The molecule has 1 aliphatic rings. The molecule has 1 aromatic carbocycles. The van der Waals surface area contributed by atoms with Crippen molar-refractivity contribution in [2.45, 2.75) is 44.0 Å². The predicted octanol–water partition coefficient (Wildman–Crippen LogP) is 2.92. The van der Waals surface area contributed by atoms with Crippen LogP contribution >= 0.6 is 11.6 Å². The lowest BCUT2D eigenvalue weighted by Crippen LogP contribution is -2.34. The van der Waals surface area contributed by atoms with Crippen LogP contribution in [0.2, 0.25) is 5.02 Å². The molecule has 1 saturated carbocycles. The highest BCUT2D eigenvalue weighted by atomic mass is 35.5. The number of sulfonamides is 1. The Hall–Kier alpha value is -0.620. The van der Waals surface area contributed by atoms with E-state index in [-0.39, 0.29) is 10.3 Å². The minimum Gasteiger partial charge on any atom is -0.316 e. The summed E-state index contributed by atoms with van der Waals surface area (Å²) in [6.45, 7) is 3.19. The monoisotopic (exact) mass is 330 g/mol. The minimum absolute atomic E-state index is 0.0906. The second-order valence-electron chi connectivity index (χ2n) is 6.13. The van der Waals surface area contributed by atoms with Crippen LogP contribution in [0.3, 0.4) is 0 Å². The summed E-state index contributed by atoms with van der Waals surface area (Å²) in [6.07, 6.45) is 4.54. The fourth-order valence-electron chi connectivity index (χ4n) is 2.80. The van der Waals surface area contributed by atoms with Gasteiger partial charge in [0.2, 0.25) is 10.0 Å². The van der Waals surface area contributed by atoms with Crippen molar-refractivity contribution in [1.82, 2.24) is 10.0 Å². The Labute approximate surface area is 132 Å². The summed E-state index contributed by atoms with van der Waals surface area (Å²) in [5.41, 5.74) is 0.877. The minimum atomic E-state index is -3.48. The lowest BCUT2D eigenvalue weighted by Gasteiger charge is -2.23.